The van der Waals surface area contributed by atoms with Crippen LogP contribution in [0.25, 0.3) is 0 Å². The molecule has 1 heterocycles. The first-order valence-electron chi connectivity index (χ1n) is 6.54. The van der Waals surface area contributed by atoms with Crippen molar-refractivity contribution in [1.82, 2.24) is 5.32 Å². The number of Topliss-reactive ketones (excluding diaryl/α,β-unsaturated/α-hetero) is 1. The third-order valence-electron chi connectivity index (χ3n) is 3.00. The molecule has 96 valence electrons. The predicted molar refractivity (Wildman–Crippen MR) is 74.5 cm³/mol. The number of hydrogen-bond acceptors (Lipinski definition) is 3. The van der Waals surface area contributed by atoms with Gasteiger partial charge in [-0.15, -0.1) is 0 Å². The van der Waals surface area contributed by atoms with Crippen LogP contribution in [-0.2, 0) is 11.3 Å². The Bertz CT molecular complexity index is 423. The lowest BCUT2D eigenvalue weighted by Gasteiger charge is -2.22. The number of hydrogen-bond donors (Lipinski definition) is 1. The molecule has 1 aliphatic heterocycles. The molecule has 0 fully saturated rings. The van der Waals surface area contributed by atoms with E-state index in [1.165, 1.54) is 5.56 Å². The molecule has 0 bridgehead atoms. The van der Waals surface area contributed by atoms with Crippen molar-refractivity contribution < 1.29 is 4.79 Å². The Labute approximate surface area is 108 Å². The summed E-state index contributed by atoms with van der Waals surface area (Å²) in [5.74, 6) is 0.270. The van der Waals surface area contributed by atoms with Crippen molar-refractivity contribution >= 4 is 11.5 Å². The van der Waals surface area contributed by atoms with E-state index in [4.69, 9.17) is 0 Å². The first-order chi connectivity index (χ1) is 8.79. The average Bonchev–Trinajstić information content (AvgIpc) is 2.40. The van der Waals surface area contributed by atoms with E-state index < -0.39 is 0 Å². The summed E-state index contributed by atoms with van der Waals surface area (Å²) >= 11 is 0. The van der Waals surface area contributed by atoms with E-state index >= 15 is 0 Å². The number of ketones is 1. The lowest BCUT2D eigenvalue weighted by molar-refractivity contribution is -0.117. The van der Waals surface area contributed by atoms with E-state index in [-0.39, 0.29) is 5.78 Å². The number of carbonyl (C=O) groups is 1. The fourth-order valence-electron chi connectivity index (χ4n) is 2.01. The van der Waals surface area contributed by atoms with Gasteiger partial charge in [-0.25, -0.2) is 0 Å². The van der Waals surface area contributed by atoms with Crippen LogP contribution in [0.5, 0.6) is 0 Å². The third kappa shape index (κ3) is 3.44. The van der Waals surface area contributed by atoms with Gasteiger partial charge in [-0.2, -0.15) is 0 Å². The Hall–Kier alpha value is -1.61. The number of rotatable bonds is 5. The molecule has 0 atom stereocenters. The Morgan fingerprint density at radius 1 is 1.28 bits per heavy atom. The molecule has 2 rings (SSSR count). The standard InChI is InChI=1S/C15H20N2O/c1-2-9-16-11-13-5-7-14(8-6-13)17-10-3-4-15(18)12-17/h3,5-8,10,16H,2,4,9,11-12H2,1H3. The molecule has 0 radical (unpaired) electrons. The summed E-state index contributed by atoms with van der Waals surface area (Å²) in [7, 11) is 0. The second kappa shape index (κ2) is 6.36. The highest BCUT2D eigenvalue weighted by molar-refractivity contribution is 5.86. The third-order valence-corrected chi connectivity index (χ3v) is 3.00. The molecule has 18 heavy (non-hydrogen) atoms. The number of allylic oxidation sites excluding steroid dienone is 1. The van der Waals surface area contributed by atoms with Crippen LogP contribution in [0.2, 0.25) is 0 Å². The quantitative estimate of drug-likeness (QED) is 0.808. The molecular formula is C15H20N2O. The Morgan fingerprint density at radius 2 is 2.06 bits per heavy atom. The Kier molecular flexibility index (Phi) is 4.53. The van der Waals surface area contributed by atoms with Crippen molar-refractivity contribution in [3.8, 4) is 0 Å². The predicted octanol–water partition coefficient (Wildman–Crippen LogP) is 2.48. The van der Waals surface area contributed by atoms with Gasteiger partial charge >= 0.3 is 0 Å². The van der Waals surface area contributed by atoms with E-state index in [0.29, 0.717) is 13.0 Å². The molecule has 0 aliphatic carbocycles. The largest absolute Gasteiger partial charge is 0.341 e. The molecule has 3 heteroatoms. The zero-order valence-electron chi connectivity index (χ0n) is 10.9. The number of nitrogens with zero attached hydrogens (tertiary/aromatic N) is 1. The maximum Gasteiger partial charge on any atom is 0.156 e. The minimum absolute atomic E-state index is 0.270. The van der Waals surface area contributed by atoms with Gasteiger partial charge in [0, 0.05) is 24.9 Å². The summed E-state index contributed by atoms with van der Waals surface area (Å²) in [5.41, 5.74) is 2.36. The Morgan fingerprint density at radius 3 is 2.72 bits per heavy atom. The first kappa shape index (κ1) is 12.8. The zero-order chi connectivity index (χ0) is 12.8. The summed E-state index contributed by atoms with van der Waals surface area (Å²) in [4.78, 5) is 13.4. The molecule has 0 unspecified atom stereocenters. The second-order valence-corrected chi connectivity index (χ2v) is 4.60. The maximum atomic E-state index is 11.4. The lowest BCUT2D eigenvalue weighted by Crippen LogP contribution is -2.27. The molecule has 0 spiro atoms. The van der Waals surface area contributed by atoms with E-state index in [1.54, 1.807) is 0 Å². The highest BCUT2D eigenvalue weighted by Gasteiger charge is 2.12. The minimum Gasteiger partial charge on any atom is -0.341 e. The van der Waals surface area contributed by atoms with Gasteiger partial charge in [0.05, 0.1) is 6.54 Å². The molecule has 1 aromatic rings. The van der Waals surface area contributed by atoms with Crippen molar-refractivity contribution in [2.45, 2.75) is 26.3 Å². The summed E-state index contributed by atoms with van der Waals surface area (Å²) in [6.07, 6.45) is 5.63. The van der Waals surface area contributed by atoms with E-state index in [2.05, 4.69) is 36.5 Å². The van der Waals surface area contributed by atoms with Crippen molar-refractivity contribution in [2.24, 2.45) is 0 Å². The molecule has 3 nitrogen and oxygen atoms in total. The van der Waals surface area contributed by atoms with E-state index in [9.17, 15) is 4.79 Å². The van der Waals surface area contributed by atoms with Crippen LogP contribution in [0.4, 0.5) is 5.69 Å². The van der Waals surface area contributed by atoms with Crippen molar-refractivity contribution in [3.05, 3.63) is 42.1 Å². The smallest absolute Gasteiger partial charge is 0.156 e. The van der Waals surface area contributed by atoms with Gasteiger partial charge in [0.15, 0.2) is 5.78 Å². The summed E-state index contributed by atoms with van der Waals surface area (Å²) in [6, 6.07) is 8.38. The van der Waals surface area contributed by atoms with Crippen LogP contribution in [0, 0.1) is 0 Å². The van der Waals surface area contributed by atoms with Crippen molar-refractivity contribution in [3.63, 3.8) is 0 Å². The van der Waals surface area contributed by atoms with E-state index in [0.717, 1.165) is 25.2 Å². The molecule has 1 aromatic carbocycles. The fourth-order valence-corrected chi connectivity index (χ4v) is 2.01. The van der Waals surface area contributed by atoms with Gasteiger partial charge in [0.1, 0.15) is 0 Å². The highest BCUT2D eigenvalue weighted by Crippen LogP contribution is 2.18. The molecule has 1 aliphatic rings. The maximum absolute atomic E-state index is 11.4. The van der Waals surface area contributed by atoms with Crippen LogP contribution in [-0.4, -0.2) is 18.9 Å². The van der Waals surface area contributed by atoms with Gasteiger partial charge in [0.25, 0.3) is 0 Å². The SMILES string of the molecule is CCCNCc1ccc(N2C=CCC(=O)C2)cc1. The van der Waals surface area contributed by atoms with Crippen molar-refractivity contribution in [2.75, 3.05) is 18.0 Å². The van der Waals surface area contributed by atoms with Crippen LogP contribution in [0.3, 0.4) is 0 Å². The fraction of sp³-hybridized carbons (Fsp3) is 0.400. The normalized spacial score (nSPS) is 15.2. The molecule has 0 saturated carbocycles. The van der Waals surface area contributed by atoms with Gasteiger partial charge in [-0.3, -0.25) is 4.79 Å². The van der Waals surface area contributed by atoms with E-state index in [1.807, 2.05) is 17.2 Å². The number of nitrogens with one attached hydrogen (secondary N) is 1. The number of benzene rings is 1. The van der Waals surface area contributed by atoms with Crippen LogP contribution >= 0.6 is 0 Å². The van der Waals surface area contributed by atoms with Crippen LogP contribution in [0.15, 0.2) is 36.5 Å². The van der Waals surface area contributed by atoms with Crippen molar-refractivity contribution in [1.29, 1.82) is 0 Å². The van der Waals surface area contributed by atoms with Gasteiger partial charge in [-0.1, -0.05) is 25.1 Å². The van der Waals surface area contributed by atoms with Gasteiger partial charge < -0.3 is 10.2 Å². The lowest BCUT2D eigenvalue weighted by atomic mass is 10.1. The molecule has 0 aromatic heterocycles. The summed E-state index contributed by atoms with van der Waals surface area (Å²) in [6.45, 7) is 4.60. The highest BCUT2D eigenvalue weighted by atomic mass is 16.1. The zero-order valence-corrected chi connectivity index (χ0v) is 10.9. The minimum atomic E-state index is 0.270. The Balaban J connectivity index is 1.96. The monoisotopic (exact) mass is 244 g/mol. The number of carbonyl (C=O) groups excluding carboxylic acids is 1. The van der Waals surface area contributed by atoms with Gasteiger partial charge in [0.2, 0.25) is 0 Å². The molecule has 0 saturated heterocycles. The van der Waals surface area contributed by atoms with Crippen LogP contribution < -0.4 is 10.2 Å². The average molecular weight is 244 g/mol. The first-order valence-corrected chi connectivity index (χ1v) is 6.54. The number of anilines is 1. The summed E-state index contributed by atoms with van der Waals surface area (Å²) in [5, 5.41) is 3.38. The van der Waals surface area contributed by atoms with Gasteiger partial charge in [-0.05, 0) is 30.7 Å². The molecule has 0 amide bonds. The summed E-state index contributed by atoms with van der Waals surface area (Å²) < 4.78 is 0. The second-order valence-electron chi connectivity index (χ2n) is 4.60. The topological polar surface area (TPSA) is 32.3 Å². The van der Waals surface area contributed by atoms with Crippen LogP contribution in [0.1, 0.15) is 25.3 Å². The molecular weight excluding hydrogens is 224 g/mol. The molecule has 1 N–H and O–H groups in total.